The van der Waals surface area contributed by atoms with Gasteiger partial charge in [-0.15, -0.1) is 0 Å². The van der Waals surface area contributed by atoms with E-state index in [9.17, 15) is 14.5 Å². The monoisotopic (exact) mass is 340 g/mol. The fourth-order valence-electron chi connectivity index (χ4n) is 3.50. The Morgan fingerprint density at radius 2 is 1.92 bits per heavy atom. The SMILES string of the molecule is O=[N+]([O-])c1c(F)cccc1N1CCC(c2nc3ccccc3[nH]2)CC1. The molecule has 0 amide bonds. The molecule has 4 rings (SSSR count). The fourth-order valence-corrected chi connectivity index (χ4v) is 3.50. The first-order valence-electron chi connectivity index (χ1n) is 8.26. The Kier molecular flexibility index (Phi) is 3.83. The molecule has 1 fully saturated rings. The second-order valence-electron chi connectivity index (χ2n) is 6.27. The number of para-hydroxylation sites is 3. The van der Waals surface area contributed by atoms with Gasteiger partial charge in [-0.25, -0.2) is 4.98 Å². The molecule has 1 aromatic heterocycles. The molecule has 128 valence electrons. The Morgan fingerprint density at radius 3 is 2.64 bits per heavy atom. The van der Waals surface area contributed by atoms with E-state index in [1.165, 1.54) is 6.07 Å². The van der Waals surface area contributed by atoms with E-state index in [2.05, 4.69) is 9.97 Å². The van der Waals surface area contributed by atoms with Gasteiger partial charge in [0.1, 0.15) is 11.5 Å². The lowest BCUT2D eigenvalue weighted by Crippen LogP contribution is -2.33. The number of rotatable bonds is 3. The smallest absolute Gasteiger partial charge is 0.327 e. The van der Waals surface area contributed by atoms with E-state index in [0.29, 0.717) is 18.8 Å². The first-order chi connectivity index (χ1) is 12.1. The van der Waals surface area contributed by atoms with Gasteiger partial charge in [-0.2, -0.15) is 4.39 Å². The number of aromatic nitrogens is 2. The third-order valence-electron chi connectivity index (χ3n) is 4.78. The number of nitro benzene ring substituents is 1. The maximum atomic E-state index is 13.8. The first-order valence-corrected chi connectivity index (χ1v) is 8.26. The maximum Gasteiger partial charge on any atom is 0.327 e. The topological polar surface area (TPSA) is 75.1 Å². The average molecular weight is 340 g/mol. The summed E-state index contributed by atoms with van der Waals surface area (Å²) in [7, 11) is 0. The molecule has 2 aromatic carbocycles. The molecule has 0 unspecified atom stereocenters. The molecule has 0 spiro atoms. The lowest BCUT2D eigenvalue weighted by atomic mass is 9.95. The molecule has 1 aliphatic heterocycles. The maximum absolute atomic E-state index is 13.8. The molecule has 1 N–H and O–H groups in total. The predicted molar refractivity (Wildman–Crippen MR) is 93.3 cm³/mol. The molecule has 2 heterocycles. The van der Waals surface area contributed by atoms with E-state index in [-0.39, 0.29) is 5.92 Å². The second kappa shape index (κ2) is 6.16. The van der Waals surface area contributed by atoms with Crippen molar-refractivity contribution >= 4 is 22.4 Å². The van der Waals surface area contributed by atoms with Crippen molar-refractivity contribution < 1.29 is 9.31 Å². The van der Waals surface area contributed by atoms with E-state index in [1.807, 2.05) is 29.2 Å². The number of nitro groups is 1. The van der Waals surface area contributed by atoms with Gasteiger partial charge in [0.25, 0.3) is 0 Å². The minimum absolute atomic E-state index is 0.274. The summed E-state index contributed by atoms with van der Waals surface area (Å²) in [6.07, 6.45) is 1.63. The third-order valence-corrected chi connectivity index (χ3v) is 4.78. The van der Waals surface area contributed by atoms with Gasteiger partial charge < -0.3 is 9.88 Å². The number of nitrogens with one attached hydrogen (secondary N) is 1. The number of fused-ring (bicyclic) bond motifs is 1. The van der Waals surface area contributed by atoms with E-state index >= 15 is 0 Å². The zero-order valence-electron chi connectivity index (χ0n) is 13.5. The number of nitrogens with zero attached hydrogens (tertiary/aromatic N) is 3. The predicted octanol–water partition coefficient (Wildman–Crippen LogP) is 3.99. The van der Waals surface area contributed by atoms with Gasteiger partial charge in [-0.05, 0) is 37.1 Å². The van der Waals surface area contributed by atoms with Gasteiger partial charge in [0, 0.05) is 19.0 Å². The standard InChI is InChI=1S/C18H17FN4O2/c19-13-4-3-7-16(17(13)23(24)25)22-10-8-12(9-11-22)18-20-14-5-1-2-6-15(14)21-18/h1-7,12H,8-11H2,(H,20,21). The van der Waals surface area contributed by atoms with Crippen molar-refractivity contribution in [2.45, 2.75) is 18.8 Å². The summed E-state index contributed by atoms with van der Waals surface area (Å²) in [5.74, 6) is 0.438. The highest BCUT2D eigenvalue weighted by molar-refractivity contribution is 5.74. The van der Waals surface area contributed by atoms with Crippen molar-refractivity contribution in [3.8, 4) is 0 Å². The highest BCUT2D eigenvalue weighted by atomic mass is 19.1. The zero-order valence-corrected chi connectivity index (χ0v) is 13.5. The van der Waals surface area contributed by atoms with Crippen LogP contribution in [0.25, 0.3) is 11.0 Å². The van der Waals surface area contributed by atoms with Gasteiger partial charge in [-0.1, -0.05) is 18.2 Å². The van der Waals surface area contributed by atoms with Gasteiger partial charge in [0.2, 0.25) is 5.82 Å². The van der Waals surface area contributed by atoms with Crippen molar-refractivity contribution in [3.63, 3.8) is 0 Å². The summed E-state index contributed by atoms with van der Waals surface area (Å²) >= 11 is 0. The van der Waals surface area contributed by atoms with E-state index in [1.54, 1.807) is 6.07 Å². The van der Waals surface area contributed by atoms with Crippen molar-refractivity contribution in [1.82, 2.24) is 9.97 Å². The second-order valence-corrected chi connectivity index (χ2v) is 6.27. The van der Waals surface area contributed by atoms with Crippen molar-refractivity contribution in [2.24, 2.45) is 0 Å². The molecule has 1 aliphatic rings. The van der Waals surface area contributed by atoms with Crippen LogP contribution in [0.15, 0.2) is 42.5 Å². The van der Waals surface area contributed by atoms with Gasteiger partial charge in [0.15, 0.2) is 0 Å². The van der Waals surface area contributed by atoms with Crippen molar-refractivity contribution in [1.29, 1.82) is 0 Å². The van der Waals surface area contributed by atoms with Crippen LogP contribution in [0.2, 0.25) is 0 Å². The number of aromatic amines is 1. The van der Waals surface area contributed by atoms with Crippen LogP contribution in [0, 0.1) is 15.9 Å². The van der Waals surface area contributed by atoms with Gasteiger partial charge in [-0.3, -0.25) is 10.1 Å². The Labute approximate surface area is 143 Å². The summed E-state index contributed by atoms with van der Waals surface area (Å²) in [5, 5.41) is 11.2. The van der Waals surface area contributed by atoms with Crippen LogP contribution in [0.4, 0.5) is 15.8 Å². The van der Waals surface area contributed by atoms with Crippen LogP contribution in [-0.2, 0) is 0 Å². The number of hydrogen-bond donors (Lipinski definition) is 1. The molecule has 0 radical (unpaired) electrons. The largest absolute Gasteiger partial charge is 0.366 e. The van der Waals surface area contributed by atoms with Crippen LogP contribution in [0.3, 0.4) is 0 Å². The van der Waals surface area contributed by atoms with Crippen LogP contribution >= 0.6 is 0 Å². The van der Waals surface area contributed by atoms with E-state index in [4.69, 9.17) is 0 Å². The minimum atomic E-state index is -0.790. The van der Waals surface area contributed by atoms with Gasteiger partial charge in [0.05, 0.1) is 16.0 Å². The number of benzene rings is 2. The van der Waals surface area contributed by atoms with Crippen LogP contribution in [0.5, 0.6) is 0 Å². The number of halogens is 1. The molecular weight excluding hydrogens is 323 g/mol. The average Bonchev–Trinajstić information content (AvgIpc) is 3.05. The Hall–Kier alpha value is -2.96. The molecule has 25 heavy (non-hydrogen) atoms. The summed E-state index contributed by atoms with van der Waals surface area (Å²) in [6, 6.07) is 12.2. The molecule has 0 atom stereocenters. The summed E-state index contributed by atoms with van der Waals surface area (Å²) < 4.78 is 13.8. The first kappa shape index (κ1) is 15.6. The van der Waals surface area contributed by atoms with Crippen LogP contribution in [0.1, 0.15) is 24.6 Å². The highest BCUT2D eigenvalue weighted by Gasteiger charge is 2.29. The van der Waals surface area contributed by atoms with E-state index < -0.39 is 16.4 Å². The minimum Gasteiger partial charge on any atom is -0.366 e. The molecule has 7 heteroatoms. The number of piperidine rings is 1. The Bertz CT molecular complexity index is 899. The van der Waals surface area contributed by atoms with Crippen molar-refractivity contribution in [2.75, 3.05) is 18.0 Å². The number of imidazole rings is 1. The quantitative estimate of drug-likeness (QED) is 0.578. The zero-order chi connectivity index (χ0) is 17.4. The molecule has 3 aromatic rings. The van der Waals surface area contributed by atoms with Crippen LogP contribution < -0.4 is 4.90 Å². The molecule has 6 nitrogen and oxygen atoms in total. The fraction of sp³-hybridized carbons (Fsp3) is 0.278. The number of H-pyrrole nitrogens is 1. The third kappa shape index (κ3) is 2.82. The lowest BCUT2D eigenvalue weighted by molar-refractivity contribution is -0.386. The normalized spacial score (nSPS) is 15.6. The van der Waals surface area contributed by atoms with E-state index in [0.717, 1.165) is 35.8 Å². The molecular formula is C18H17FN4O2. The van der Waals surface area contributed by atoms with Crippen LogP contribution in [-0.4, -0.2) is 28.0 Å². The summed E-state index contributed by atoms with van der Waals surface area (Å²) in [6.45, 7) is 1.26. The molecule has 0 bridgehead atoms. The van der Waals surface area contributed by atoms with Crippen molar-refractivity contribution in [3.05, 3.63) is 64.2 Å². The summed E-state index contributed by atoms with van der Waals surface area (Å²) in [5.41, 5.74) is 1.87. The summed E-state index contributed by atoms with van der Waals surface area (Å²) in [4.78, 5) is 20.5. The number of hydrogen-bond acceptors (Lipinski definition) is 4. The molecule has 0 aliphatic carbocycles. The highest BCUT2D eigenvalue weighted by Crippen LogP contribution is 2.35. The molecule has 1 saturated heterocycles. The Balaban J connectivity index is 1.54. The lowest BCUT2D eigenvalue weighted by Gasteiger charge is -2.32. The van der Waals surface area contributed by atoms with Gasteiger partial charge >= 0.3 is 5.69 Å². The number of anilines is 1. The Morgan fingerprint density at radius 1 is 1.16 bits per heavy atom. The molecule has 0 saturated carbocycles.